The first-order valence-electron chi connectivity index (χ1n) is 8.07. The lowest BCUT2D eigenvalue weighted by atomic mass is 9.86. The molecular weight excluding hydrogens is 354 g/mol. The number of aliphatic hydroxyl groups excluding tert-OH is 6. The van der Waals surface area contributed by atoms with Crippen LogP contribution in [0.3, 0.4) is 0 Å². The molecular formula is C15H27NO10. The maximum Gasteiger partial charge on any atom is 0.311 e. The molecule has 0 aromatic carbocycles. The molecule has 1 heterocycles. The number of carboxylic acids is 1. The summed E-state index contributed by atoms with van der Waals surface area (Å²) in [6.45, 7) is 1.10. The van der Waals surface area contributed by atoms with Crippen molar-refractivity contribution >= 4 is 11.9 Å². The number of hydrogen-bond donors (Lipinski definition) is 8. The van der Waals surface area contributed by atoms with E-state index in [1.807, 2.05) is 0 Å². The fraction of sp³-hybridized carbons (Fsp3) is 0.867. The zero-order valence-electron chi connectivity index (χ0n) is 14.5. The molecule has 11 nitrogen and oxygen atoms in total. The Labute approximate surface area is 149 Å². The second-order valence-electron chi connectivity index (χ2n) is 7.03. The van der Waals surface area contributed by atoms with Crippen molar-refractivity contribution in [2.24, 2.45) is 11.3 Å². The van der Waals surface area contributed by atoms with Gasteiger partial charge in [-0.25, -0.2) is 0 Å². The summed E-state index contributed by atoms with van der Waals surface area (Å²) in [5.74, 6) is -3.93. The van der Waals surface area contributed by atoms with E-state index in [1.165, 1.54) is 13.8 Å². The molecule has 152 valence electrons. The number of carbonyl (C=O) groups is 2. The van der Waals surface area contributed by atoms with E-state index in [0.29, 0.717) is 0 Å². The highest BCUT2D eigenvalue weighted by molar-refractivity contribution is 5.82. The van der Waals surface area contributed by atoms with Crippen molar-refractivity contribution in [3.63, 3.8) is 0 Å². The van der Waals surface area contributed by atoms with Crippen molar-refractivity contribution in [1.82, 2.24) is 5.32 Å². The molecule has 1 rings (SSSR count). The van der Waals surface area contributed by atoms with Gasteiger partial charge in [0.25, 0.3) is 0 Å². The van der Waals surface area contributed by atoms with Crippen LogP contribution in [0.4, 0.5) is 0 Å². The third-order valence-electron chi connectivity index (χ3n) is 4.54. The molecule has 0 bridgehead atoms. The van der Waals surface area contributed by atoms with Crippen molar-refractivity contribution in [2.75, 3.05) is 19.8 Å². The van der Waals surface area contributed by atoms with Crippen molar-refractivity contribution < 1.29 is 50.1 Å². The molecule has 7 atom stereocenters. The van der Waals surface area contributed by atoms with E-state index < -0.39 is 79.6 Å². The molecule has 2 unspecified atom stereocenters. The minimum atomic E-state index is -1.77. The lowest BCUT2D eigenvalue weighted by Gasteiger charge is -2.42. The SMILES string of the molecule is CC(C)(CO)[C@@H](O)C(=O)NCC(C(=O)O)C1O[C@H](CO)[C@@H](O)[C@H](O)[C@H]1O. The van der Waals surface area contributed by atoms with Gasteiger partial charge < -0.3 is 45.8 Å². The van der Waals surface area contributed by atoms with Gasteiger partial charge in [0.15, 0.2) is 0 Å². The Morgan fingerprint density at radius 1 is 1.12 bits per heavy atom. The predicted molar refractivity (Wildman–Crippen MR) is 84.8 cm³/mol. The van der Waals surface area contributed by atoms with E-state index in [-0.39, 0.29) is 0 Å². The zero-order valence-corrected chi connectivity index (χ0v) is 14.5. The van der Waals surface area contributed by atoms with Gasteiger partial charge in [0.1, 0.15) is 42.5 Å². The smallest absolute Gasteiger partial charge is 0.311 e. The minimum Gasteiger partial charge on any atom is -0.481 e. The molecule has 0 aromatic heterocycles. The van der Waals surface area contributed by atoms with Crippen LogP contribution >= 0.6 is 0 Å². The van der Waals surface area contributed by atoms with E-state index >= 15 is 0 Å². The molecule has 26 heavy (non-hydrogen) atoms. The van der Waals surface area contributed by atoms with Crippen LogP contribution < -0.4 is 5.32 Å². The van der Waals surface area contributed by atoms with Gasteiger partial charge in [0.05, 0.1) is 13.2 Å². The Morgan fingerprint density at radius 3 is 2.15 bits per heavy atom. The van der Waals surface area contributed by atoms with Gasteiger partial charge in [-0.1, -0.05) is 13.8 Å². The predicted octanol–water partition coefficient (Wildman–Crippen LogP) is -3.97. The molecule has 0 radical (unpaired) electrons. The van der Waals surface area contributed by atoms with Crippen LogP contribution in [0, 0.1) is 11.3 Å². The summed E-state index contributed by atoms with van der Waals surface area (Å²) >= 11 is 0. The van der Waals surface area contributed by atoms with E-state index in [0.717, 1.165) is 0 Å². The third kappa shape index (κ3) is 4.88. The molecule has 1 aliphatic rings. The van der Waals surface area contributed by atoms with Crippen LogP contribution in [0.2, 0.25) is 0 Å². The van der Waals surface area contributed by atoms with E-state index in [4.69, 9.17) is 14.9 Å². The topological polar surface area (TPSA) is 197 Å². The number of rotatable bonds is 8. The van der Waals surface area contributed by atoms with Crippen molar-refractivity contribution in [1.29, 1.82) is 0 Å². The lowest BCUT2D eigenvalue weighted by molar-refractivity contribution is -0.241. The van der Waals surface area contributed by atoms with Crippen LogP contribution in [0.1, 0.15) is 13.8 Å². The number of aliphatic carboxylic acids is 1. The summed E-state index contributed by atoms with van der Waals surface area (Å²) in [4.78, 5) is 23.5. The lowest BCUT2D eigenvalue weighted by Crippen LogP contribution is -2.62. The number of carboxylic acid groups (broad SMARTS) is 1. The summed E-state index contributed by atoms with van der Waals surface area (Å²) in [5.41, 5.74) is -1.16. The summed E-state index contributed by atoms with van der Waals surface area (Å²) in [7, 11) is 0. The van der Waals surface area contributed by atoms with Gasteiger partial charge in [0.2, 0.25) is 5.91 Å². The fourth-order valence-electron chi connectivity index (χ4n) is 2.56. The van der Waals surface area contributed by atoms with E-state index in [9.17, 15) is 35.1 Å². The van der Waals surface area contributed by atoms with E-state index in [2.05, 4.69) is 5.32 Å². The van der Waals surface area contributed by atoms with Gasteiger partial charge in [-0.3, -0.25) is 9.59 Å². The fourth-order valence-corrected chi connectivity index (χ4v) is 2.56. The minimum absolute atomic E-state index is 0.489. The van der Waals surface area contributed by atoms with Gasteiger partial charge in [-0.05, 0) is 0 Å². The highest BCUT2D eigenvalue weighted by atomic mass is 16.5. The van der Waals surface area contributed by atoms with Crippen LogP contribution in [0.25, 0.3) is 0 Å². The number of hydrogen-bond acceptors (Lipinski definition) is 9. The quantitative estimate of drug-likeness (QED) is 0.205. The second kappa shape index (κ2) is 9.04. The Morgan fingerprint density at radius 2 is 1.69 bits per heavy atom. The first-order chi connectivity index (χ1) is 12.0. The molecule has 0 aliphatic carbocycles. The molecule has 1 saturated heterocycles. The Kier molecular flexibility index (Phi) is 7.89. The number of aliphatic hydroxyl groups is 6. The molecule has 11 heteroatoms. The number of nitrogens with one attached hydrogen (secondary N) is 1. The third-order valence-corrected chi connectivity index (χ3v) is 4.54. The Balaban J connectivity index is 2.86. The second-order valence-corrected chi connectivity index (χ2v) is 7.03. The van der Waals surface area contributed by atoms with Crippen LogP contribution in [0.15, 0.2) is 0 Å². The number of amides is 1. The molecule has 0 saturated carbocycles. The number of ether oxygens (including phenoxy) is 1. The van der Waals surface area contributed by atoms with Crippen LogP contribution in [-0.2, 0) is 14.3 Å². The normalized spacial score (nSPS) is 31.9. The highest BCUT2D eigenvalue weighted by Crippen LogP contribution is 2.26. The summed E-state index contributed by atoms with van der Waals surface area (Å²) in [6, 6.07) is 0. The first-order valence-corrected chi connectivity index (χ1v) is 8.07. The average Bonchev–Trinajstić information content (AvgIpc) is 2.60. The maximum absolute atomic E-state index is 12.0. The van der Waals surface area contributed by atoms with Crippen molar-refractivity contribution in [3.8, 4) is 0 Å². The molecule has 0 spiro atoms. The average molecular weight is 381 g/mol. The van der Waals surface area contributed by atoms with Gasteiger partial charge in [0, 0.05) is 12.0 Å². The number of carbonyl (C=O) groups excluding carboxylic acids is 1. The standard InChI is InChI=1S/C15H27NO10/c1-15(2,5-18)12(22)13(23)16-3-6(14(24)25)11-10(21)9(20)8(19)7(4-17)26-11/h6-12,17-22H,3-5H2,1-2H3,(H,16,23)(H,24,25)/t6?,7-,8-,9+,10-,11?,12+/m1/s1. The molecule has 1 aliphatic heterocycles. The van der Waals surface area contributed by atoms with Crippen molar-refractivity contribution in [2.45, 2.75) is 50.5 Å². The molecule has 1 amide bonds. The van der Waals surface area contributed by atoms with E-state index in [1.54, 1.807) is 0 Å². The van der Waals surface area contributed by atoms with Crippen LogP contribution in [-0.4, -0.2) is 104 Å². The Bertz CT molecular complexity index is 497. The first kappa shape index (κ1) is 22.7. The summed E-state index contributed by atoms with van der Waals surface area (Å²) in [6.07, 6.45) is -9.58. The monoisotopic (exact) mass is 381 g/mol. The molecule has 0 aromatic rings. The van der Waals surface area contributed by atoms with Gasteiger partial charge >= 0.3 is 5.97 Å². The van der Waals surface area contributed by atoms with Gasteiger partial charge in [-0.2, -0.15) is 0 Å². The van der Waals surface area contributed by atoms with Crippen molar-refractivity contribution in [3.05, 3.63) is 0 Å². The van der Waals surface area contributed by atoms with Crippen LogP contribution in [0.5, 0.6) is 0 Å². The summed E-state index contributed by atoms with van der Waals surface area (Å²) < 4.78 is 5.19. The highest BCUT2D eigenvalue weighted by Gasteiger charge is 2.48. The largest absolute Gasteiger partial charge is 0.481 e. The summed E-state index contributed by atoms with van der Waals surface area (Å²) in [5, 5.41) is 69.3. The molecule has 8 N–H and O–H groups in total. The zero-order chi connectivity index (χ0) is 20.2. The maximum atomic E-state index is 12.0. The Hall–Kier alpha value is -1.34. The van der Waals surface area contributed by atoms with Gasteiger partial charge in [-0.15, -0.1) is 0 Å². The molecule has 1 fully saturated rings.